The molecular weight excluding hydrogens is 354 g/mol. The van der Waals surface area contributed by atoms with E-state index in [1.165, 1.54) is 5.56 Å². The Morgan fingerprint density at radius 3 is 2.71 bits per heavy atom. The summed E-state index contributed by atoms with van der Waals surface area (Å²) in [6, 6.07) is 10.6. The normalized spacial score (nSPS) is 19.6. The van der Waals surface area contributed by atoms with Gasteiger partial charge < -0.3 is 20.9 Å². The smallest absolute Gasteiger partial charge is 0.242 e. The molecule has 7 nitrogen and oxygen atoms in total. The first-order chi connectivity index (χ1) is 13.6. The highest BCUT2D eigenvalue weighted by Gasteiger charge is 2.29. The number of amides is 2. The third kappa shape index (κ3) is 6.55. The molecule has 3 rings (SSSR count). The van der Waals surface area contributed by atoms with Crippen LogP contribution in [0.25, 0.3) is 0 Å². The second-order valence-electron chi connectivity index (χ2n) is 7.56. The number of nitrogens with one attached hydrogen (secondary N) is 3. The molecule has 1 aliphatic heterocycles. The van der Waals surface area contributed by atoms with Crippen molar-refractivity contribution < 1.29 is 9.59 Å². The molecule has 28 heavy (non-hydrogen) atoms. The molecule has 2 fully saturated rings. The fraction of sp³-hybridized carbons (Fsp3) is 0.571. The van der Waals surface area contributed by atoms with Crippen LogP contribution in [0.1, 0.15) is 31.7 Å². The van der Waals surface area contributed by atoms with Gasteiger partial charge in [-0.3, -0.25) is 9.59 Å². The van der Waals surface area contributed by atoms with E-state index in [4.69, 9.17) is 0 Å². The Bertz CT molecular complexity index is 687. The molecule has 1 heterocycles. The number of benzene rings is 1. The molecule has 1 aromatic rings. The van der Waals surface area contributed by atoms with Gasteiger partial charge in [0.1, 0.15) is 6.54 Å². The number of carbonyl (C=O) groups is 2. The minimum atomic E-state index is -0.0390. The van der Waals surface area contributed by atoms with Crippen molar-refractivity contribution in [1.82, 2.24) is 20.9 Å². The molecule has 1 aliphatic carbocycles. The minimum absolute atomic E-state index is 0.0390. The van der Waals surface area contributed by atoms with E-state index in [2.05, 4.69) is 33.1 Å². The second-order valence-corrected chi connectivity index (χ2v) is 7.56. The quantitative estimate of drug-likeness (QED) is 0.436. The largest absolute Gasteiger partial charge is 0.357 e. The Labute approximate surface area is 167 Å². The highest BCUT2D eigenvalue weighted by Crippen LogP contribution is 2.18. The molecule has 7 heteroatoms. The van der Waals surface area contributed by atoms with Crippen LogP contribution in [0.3, 0.4) is 0 Å². The zero-order valence-corrected chi connectivity index (χ0v) is 16.6. The molecule has 1 aromatic carbocycles. The van der Waals surface area contributed by atoms with Crippen LogP contribution >= 0.6 is 0 Å². The van der Waals surface area contributed by atoms with Crippen molar-refractivity contribution >= 4 is 17.8 Å². The second kappa shape index (κ2) is 10.1. The first-order valence-corrected chi connectivity index (χ1v) is 10.3. The average Bonchev–Trinajstić information content (AvgIpc) is 3.44. The first kappa shape index (κ1) is 20.2. The third-order valence-electron chi connectivity index (χ3n) is 5.03. The molecule has 2 aliphatic rings. The maximum Gasteiger partial charge on any atom is 0.242 e. The van der Waals surface area contributed by atoms with Crippen molar-refractivity contribution in [2.75, 3.05) is 32.7 Å². The molecule has 2 amide bonds. The predicted octanol–water partition coefficient (Wildman–Crippen LogP) is 0.911. The molecular formula is C21H31N5O2. The molecule has 0 spiro atoms. The number of hydrogen-bond acceptors (Lipinski definition) is 3. The summed E-state index contributed by atoms with van der Waals surface area (Å²) in [7, 11) is 0. The van der Waals surface area contributed by atoms with Crippen molar-refractivity contribution in [3.8, 4) is 0 Å². The van der Waals surface area contributed by atoms with Crippen LogP contribution in [0, 0.1) is 5.92 Å². The van der Waals surface area contributed by atoms with Gasteiger partial charge in [0.2, 0.25) is 11.8 Å². The Kier molecular flexibility index (Phi) is 7.28. The summed E-state index contributed by atoms with van der Waals surface area (Å²) in [5.74, 6) is 1.06. The molecule has 0 aromatic heterocycles. The molecule has 0 radical (unpaired) electrons. The highest BCUT2D eigenvalue weighted by molar-refractivity contribution is 5.85. The first-order valence-electron chi connectivity index (χ1n) is 10.3. The predicted molar refractivity (Wildman–Crippen MR) is 110 cm³/mol. The van der Waals surface area contributed by atoms with Gasteiger partial charge in [-0.15, -0.1) is 0 Å². The summed E-state index contributed by atoms with van der Waals surface area (Å²) in [4.78, 5) is 30.4. The summed E-state index contributed by atoms with van der Waals surface area (Å²) in [5.41, 5.74) is 1.25. The van der Waals surface area contributed by atoms with Crippen LogP contribution in [0.5, 0.6) is 0 Å². The zero-order chi connectivity index (χ0) is 19.8. The molecule has 1 saturated carbocycles. The van der Waals surface area contributed by atoms with Gasteiger partial charge in [-0.05, 0) is 31.7 Å². The maximum atomic E-state index is 12.3. The number of guanidine groups is 1. The van der Waals surface area contributed by atoms with Gasteiger partial charge in [0.25, 0.3) is 0 Å². The lowest BCUT2D eigenvalue weighted by atomic mass is 10.1. The van der Waals surface area contributed by atoms with Crippen LogP contribution < -0.4 is 16.0 Å². The van der Waals surface area contributed by atoms with Gasteiger partial charge in [0, 0.05) is 44.6 Å². The lowest BCUT2D eigenvalue weighted by Gasteiger charge is -2.18. The van der Waals surface area contributed by atoms with Crippen LogP contribution in [0.4, 0.5) is 0 Å². The zero-order valence-electron chi connectivity index (χ0n) is 16.6. The Balaban J connectivity index is 1.41. The number of hydrogen-bond donors (Lipinski definition) is 3. The van der Waals surface area contributed by atoms with Crippen LogP contribution in [-0.4, -0.2) is 61.4 Å². The number of nitrogens with zero attached hydrogens (tertiary/aromatic N) is 2. The van der Waals surface area contributed by atoms with Crippen molar-refractivity contribution in [3.05, 3.63) is 35.9 Å². The fourth-order valence-corrected chi connectivity index (χ4v) is 3.35. The maximum absolute atomic E-state index is 12.3. The monoisotopic (exact) mass is 385 g/mol. The molecule has 152 valence electrons. The average molecular weight is 386 g/mol. The van der Waals surface area contributed by atoms with E-state index >= 15 is 0 Å². The van der Waals surface area contributed by atoms with E-state index < -0.39 is 0 Å². The van der Waals surface area contributed by atoms with Gasteiger partial charge in [0.05, 0.1) is 0 Å². The minimum Gasteiger partial charge on any atom is -0.357 e. The van der Waals surface area contributed by atoms with Crippen LogP contribution in [-0.2, 0) is 16.0 Å². The SMILES string of the molecule is CCNC(=NCC(=O)NC1CC1)NCC1CC(=O)N(CCc2ccccc2)C1. The molecule has 0 bridgehead atoms. The lowest BCUT2D eigenvalue weighted by Crippen LogP contribution is -2.41. The topological polar surface area (TPSA) is 85.8 Å². The lowest BCUT2D eigenvalue weighted by molar-refractivity contribution is -0.127. The van der Waals surface area contributed by atoms with E-state index in [1.54, 1.807) is 0 Å². The molecule has 1 atom stereocenters. The summed E-state index contributed by atoms with van der Waals surface area (Å²) in [6.45, 7) is 5.03. The number of likely N-dealkylation sites (tertiary alicyclic amines) is 1. The van der Waals surface area contributed by atoms with Gasteiger partial charge in [-0.25, -0.2) is 4.99 Å². The molecule has 1 saturated heterocycles. The van der Waals surface area contributed by atoms with Crippen molar-refractivity contribution in [2.45, 2.75) is 38.6 Å². The van der Waals surface area contributed by atoms with E-state index in [9.17, 15) is 9.59 Å². The van der Waals surface area contributed by atoms with Crippen LogP contribution in [0.15, 0.2) is 35.3 Å². The van der Waals surface area contributed by atoms with Gasteiger partial charge in [0.15, 0.2) is 5.96 Å². The molecule has 1 unspecified atom stereocenters. The van der Waals surface area contributed by atoms with Crippen molar-refractivity contribution in [2.24, 2.45) is 10.9 Å². The summed E-state index contributed by atoms with van der Waals surface area (Å²) in [5, 5.41) is 9.38. The summed E-state index contributed by atoms with van der Waals surface area (Å²) >= 11 is 0. The van der Waals surface area contributed by atoms with Crippen molar-refractivity contribution in [3.63, 3.8) is 0 Å². The highest BCUT2D eigenvalue weighted by atomic mass is 16.2. The third-order valence-corrected chi connectivity index (χ3v) is 5.03. The van der Waals surface area contributed by atoms with E-state index in [1.807, 2.05) is 30.0 Å². The fourth-order valence-electron chi connectivity index (χ4n) is 3.35. The standard InChI is InChI=1S/C21H31N5O2/c1-2-22-21(24-14-19(27)25-18-8-9-18)23-13-17-12-20(28)26(15-17)11-10-16-6-4-3-5-7-16/h3-7,17-18H,2,8-15H2,1H3,(H,25,27)(H2,22,23,24). The summed E-state index contributed by atoms with van der Waals surface area (Å²) in [6.07, 6.45) is 3.59. The number of rotatable bonds is 9. The van der Waals surface area contributed by atoms with E-state index in [-0.39, 0.29) is 24.3 Å². The van der Waals surface area contributed by atoms with E-state index in [0.29, 0.717) is 25.0 Å². The Morgan fingerprint density at radius 1 is 1.21 bits per heavy atom. The van der Waals surface area contributed by atoms with Gasteiger partial charge in [-0.2, -0.15) is 0 Å². The van der Waals surface area contributed by atoms with E-state index in [0.717, 1.165) is 38.9 Å². The summed E-state index contributed by atoms with van der Waals surface area (Å²) < 4.78 is 0. The Morgan fingerprint density at radius 2 is 2.00 bits per heavy atom. The van der Waals surface area contributed by atoms with Gasteiger partial charge >= 0.3 is 0 Å². The van der Waals surface area contributed by atoms with Gasteiger partial charge in [-0.1, -0.05) is 30.3 Å². The number of carbonyl (C=O) groups excluding carboxylic acids is 2. The van der Waals surface area contributed by atoms with Crippen LogP contribution in [0.2, 0.25) is 0 Å². The number of aliphatic imine (C=N–C) groups is 1. The Hall–Kier alpha value is -2.57. The molecule has 3 N–H and O–H groups in total. The van der Waals surface area contributed by atoms with Crippen molar-refractivity contribution in [1.29, 1.82) is 0 Å².